The van der Waals surface area contributed by atoms with Crippen molar-refractivity contribution in [2.24, 2.45) is 0 Å². The van der Waals surface area contributed by atoms with E-state index in [9.17, 15) is 0 Å². The second-order valence-electron chi connectivity index (χ2n) is 2.66. The van der Waals surface area contributed by atoms with Crippen LogP contribution in [0, 0.1) is 23.2 Å². The smallest absolute Gasteiger partial charge is 0.0631 e. The summed E-state index contributed by atoms with van der Waals surface area (Å²) >= 11 is 1.69. The Labute approximate surface area is 89.1 Å². The Hall–Kier alpha value is -1.38. The first kappa shape index (κ1) is 10.7. The molecular weight excluding hydrogens is 190 g/mol. The number of nitriles is 1. The first-order valence-electron chi connectivity index (χ1n) is 4.37. The summed E-state index contributed by atoms with van der Waals surface area (Å²) in [6.07, 6.45) is 3.20. The zero-order chi connectivity index (χ0) is 10.2. The molecule has 0 atom stereocenters. The summed E-state index contributed by atoms with van der Waals surface area (Å²) in [6.45, 7) is 0. The summed E-state index contributed by atoms with van der Waals surface area (Å²) in [5.41, 5.74) is 1.05. The fraction of sp³-hybridized carbons (Fsp3) is 0.250. The average molecular weight is 201 g/mol. The van der Waals surface area contributed by atoms with Crippen molar-refractivity contribution >= 4 is 11.8 Å². The van der Waals surface area contributed by atoms with Crippen LogP contribution in [0.15, 0.2) is 29.2 Å². The van der Waals surface area contributed by atoms with E-state index in [4.69, 9.17) is 5.26 Å². The third-order valence-corrected chi connectivity index (χ3v) is 2.49. The highest BCUT2D eigenvalue weighted by Gasteiger charge is 1.94. The van der Waals surface area contributed by atoms with Crippen LogP contribution in [0.5, 0.6) is 0 Å². The summed E-state index contributed by atoms with van der Waals surface area (Å²) in [6, 6.07) is 10.1. The van der Waals surface area contributed by atoms with Gasteiger partial charge in [0.05, 0.1) is 6.07 Å². The first-order valence-corrected chi connectivity index (χ1v) is 5.60. The molecule has 1 aromatic rings. The molecule has 0 aliphatic carbocycles. The molecule has 0 saturated carbocycles. The van der Waals surface area contributed by atoms with Crippen molar-refractivity contribution < 1.29 is 0 Å². The Morgan fingerprint density at radius 3 is 2.79 bits per heavy atom. The predicted molar refractivity (Wildman–Crippen MR) is 59.9 cm³/mol. The molecule has 70 valence electrons. The maximum Gasteiger partial charge on any atom is 0.0631 e. The lowest BCUT2D eigenvalue weighted by atomic mass is 10.2. The maximum absolute atomic E-state index is 8.34. The Balaban J connectivity index is 2.74. The highest BCUT2D eigenvalue weighted by atomic mass is 32.2. The normalized spacial score (nSPS) is 8.57. The van der Waals surface area contributed by atoms with Crippen molar-refractivity contribution in [1.29, 1.82) is 5.26 Å². The summed E-state index contributed by atoms with van der Waals surface area (Å²) in [5.74, 6) is 6.07. The molecular formula is C12H11NS. The largest absolute Gasteiger partial charge is 0.198 e. The standard InChI is InChI=1S/C12H11NS/c1-14-12-9-5-4-8-11(12)7-3-2-6-10-13/h4-5,8-9H,2,6H2,1H3. The lowest BCUT2D eigenvalue weighted by molar-refractivity contribution is 1.09. The minimum Gasteiger partial charge on any atom is -0.198 e. The number of unbranched alkanes of at least 4 members (excludes halogenated alkanes) is 1. The van der Waals surface area contributed by atoms with Crippen molar-refractivity contribution in [3.8, 4) is 17.9 Å². The van der Waals surface area contributed by atoms with Crippen molar-refractivity contribution in [2.75, 3.05) is 6.26 Å². The average Bonchev–Trinajstić information content (AvgIpc) is 2.25. The molecule has 0 radical (unpaired) electrons. The predicted octanol–water partition coefficient (Wildman–Crippen LogP) is 3.06. The number of thioether (sulfide) groups is 1. The number of benzene rings is 1. The van der Waals surface area contributed by atoms with Gasteiger partial charge >= 0.3 is 0 Å². The zero-order valence-corrected chi connectivity index (χ0v) is 8.90. The molecule has 1 nitrogen and oxygen atoms in total. The van der Waals surface area contributed by atoms with E-state index in [-0.39, 0.29) is 0 Å². The van der Waals surface area contributed by atoms with E-state index in [1.54, 1.807) is 11.8 Å². The van der Waals surface area contributed by atoms with E-state index >= 15 is 0 Å². The quantitative estimate of drug-likeness (QED) is 0.417. The van der Waals surface area contributed by atoms with E-state index in [0.717, 1.165) is 5.56 Å². The first-order chi connectivity index (χ1) is 6.88. The molecule has 0 aliphatic heterocycles. The van der Waals surface area contributed by atoms with Gasteiger partial charge in [-0.1, -0.05) is 24.0 Å². The van der Waals surface area contributed by atoms with E-state index in [1.165, 1.54) is 4.90 Å². The third-order valence-electron chi connectivity index (χ3n) is 1.69. The van der Waals surface area contributed by atoms with Gasteiger partial charge in [0.2, 0.25) is 0 Å². The van der Waals surface area contributed by atoms with Gasteiger partial charge in [-0.25, -0.2) is 0 Å². The Bertz CT molecular complexity index is 393. The number of hydrogen-bond acceptors (Lipinski definition) is 2. The molecule has 0 aromatic heterocycles. The van der Waals surface area contributed by atoms with Gasteiger partial charge in [0.25, 0.3) is 0 Å². The van der Waals surface area contributed by atoms with Crippen LogP contribution in [-0.2, 0) is 0 Å². The van der Waals surface area contributed by atoms with E-state index in [0.29, 0.717) is 12.8 Å². The number of rotatable bonds is 2. The van der Waals surface area contributed by atoms with Gasteiger partial charge in [-0.15, -0.1) is 11.8 Å². The topological polar surface area (TPSA) is 23.8 Å². The summed E-state index contributed by atoms with van der Waals surface area (Å²) in [4.78, 5) is 1.19. The number of nitrogens with zero attached hydrogens (tertiary/aromatic N) is 1. The summed E-state index contributed by atoms with van der Waals surface area (Å²) < 4.78 is 0. The molecule has 14 heavy (non-hydrogen) atoms. The molecule has 1 aromatic carbocycles. The minimum absolute atomic E-state index is 0.508. The Morgan fingerprint density at radius 1 is 1.29 bits per heavy atom. The van der Waals surface area contributed by atoms with Gasteiger partial charge in [-0.05, 0) is 18.4 Å². The van der Waals surface area contributed by atoms with Gasteiger partial charge in [0.1, 0.15) is 0 Å². The van der Waals surface area contributed by atoms with Crippen molar-refractivity contribution in [2.45, 2.75) is 17.7 Å². The molecule has 0 aliphatic rings. The van der Waals surface area contributed by atoms with Crippen LogP contribution in [-0.4, -0.2) is 6.26 Å². The van der Waals surface area contributed by atoms with Crippen LogP contribution in [0.1, 0.15) is 18.4 Å². The second-order valence-corrected chi connectivity index (χ2v) is 3.51. The molecule has 0 unspecified atom stereocenters. The van der Waals surface area contributed by atoms with Gasteiger partial charge in [0, 0.05) is 23.3 Å². The van der Waals surface area contributed by atoms with E-state index in [1.807, 2.05) is 24.5 Å². The Kier molecular flexibility index (Phi) is 4.69. The fourth-order valence-corrected chi connectivity index (χ4v) is 1.58. The molecule has 0 heterocycles. The van der Waals surface area contributed by atoms with Crippen molar-refractivity contribution in [3.05, 3.63) is 29.8 Å². The van der Waals surface area contributed by atoms with Gasteiger partial charge in [-0.3, -0.25) is 0 Å². The summed E-state index contributed by atoms with van der Waals surface area (Å²) in [7, 11) is 0. The third kappa shape index (κ3) is 3.17. The molecule has 0 N–H and O–H groups in total. The highest BCUT2D eigenvalue weighted by molar-refractivity contribution is 7.98. The molecule has 0 fully saturated rings. The van der Waals surface area contributed by atoms with Crippen LogP contribution in [0.3, 0.4) is 0 Å². The minimum atomic E-state index is 0.508. The van der Waals surface area contributed by atoms with E-state index in [2.05, 4.69) is 24.0 Å². The van der Waals surface area contributed by atoms with Crippen LogP contribution < -0.4 is 0 Å². The van der Waals surface area contributed by atoms with Gasteiger partial charge in [-0.2, -0.15) is 5.26 Å². The monoisotopic (exact) mass is 201 g/mol. The van der Waals surface area contributed by atoms with Crippen LogP contribution in [0.25, 0.3) is 0 Å². The molecule has 1 rings (SSSR count). The zero-order valence-electron chi connectivity index (χ0n) is 8.08. The van der Waals surface area contributed by atoms with Gasteiger partial charge < -0.3 is 0 Å². The molecule has 2 heteroatoms. The van der Waals surface area contributed by atoms with Crippen molar-refractivity contribution in [1.82, 2.24) is 0 Å². The second kappa shape index (κ2) is 6.13. The Morgan fingerprint density at radius 2 is 2.07 bits per heavy atom. The number of hydrogen-bond donors (Lipinski definition) is 0. The fourth-order valence-electron chi connectivity index (χ4n) is 1.02. The van der Waals surface area contributed by atoms with Crippen LogP contribution in [0.4, 0.5) is 0 Å². The lowest BCUT2D eigenvalue weighted by Gasteiger charge is -1.98. The SMILES string of the molecule is CSc1ccccc1C#CCCC#N. The highest BCUT2D eigenvalue weighted by Crippen LogP contribution is 2.18. The summed E-state index contributed by atoms with van der Waals surface area (Å²) in [5, 5.41) is 8.34. The van der Waals surface area contributed by atoms with Crippen LogP contribution in [0.2, 0.25) is 0 Å². The van der Waals surface area contributed by atoms with Crippen molar-refractivity contribution in [3.63, 3.8) is 0 Å². The maximum atomic E-state index is 8.34. The molecule has 0 saturated heterocycles. The molecule has 0 spiro atoms. The molecule has 0 bridgehead atoms. The van der Waals surface area contributed by atoms with E-state index < -0.39 is 0 Å². The lowest BCUT2D eigenvalue weighted by Crippen LogP contribution is -1.78. The van der Waals surface area contributed by atoms with Crippen LogP contribution >= 0.6 is 11.8 Å². The molecule has 0 amide bonds. The van der Waals surface area contributed by atoms with Gasteiger partial charge in [0.15, 0.2) is 0 Å².